The number of thioether (sulfide) groups is 1. The minimum Gasteiger partial charge on any atom is -0.416 e. The number of hydrogen-bond donors (Lipinski definition) is 0. The number of hydrogen-bond acceptors (Lipinski definition) is 4. The van der Waals surface area contributed by atoms with Crippen molar-refractivity contribution < 1.29 is 18.3 Å². The third-order valence-corrected chi connectivity index (χ3v) is 4.93. The molecule has 2 aromatic rings. The van der Waals surface area contributed by atoms with Gasteiger partial charge >= 0.3 is 6.61 Å². The number of carbonyl (C=O) groups excluding carboxylic acids is 1. The Bertz CT molecular complexity index is 800. The predicted octanol–water partition coefficient (Wildman–Crippen LogP) is 5.47. The lowest BCUT2D eigenvalue weighted by atomic mass is 10.1. The highest BCUT2D eigenvalue weighted by atomic mass is 35.5. The molecule has 10 heteroatoms. The second-order valence-electron chi connectivity index (χ2n) is 4.88. The number of benzene rings is 1. The van der Waals surface area contributed by atoms with E-state index in [9.17, 15) is 13.6 Å². The Morgan fingerprint density at radius 1 is 1.32 bits per heavy atom. The summed E-state index contributed by atoms with van der Waals surface area (Å²) in [5.41, 5.74) is 1.09. The quantitative estimate of drug-likeness (QED) is 0.611. The fourth-order valence-electron chi connectivity index (χ4n) is 2.15. The molecule has 0 radical (unpaired) electrons. The van der Waals surface area contributed by atoms with Crippen LogP contribution in [0.2, 0.25) is 15.1 Å². The highest BCUT2D eigenvalue weighted by Crippen LogP contribution is 2.40. The number of nitrogens with zero attached hydrogens (tertiary/aromatic N) is 2. The van der Waals surface area contributed by atoms with Gasteiger partial charge in [-0.2, -0.15) is 13.9 Å². The Balaban J connectivity index is 2.47. The summed E-state index contributed by atoms with van der Waals surface area (Å²) in [4.78, 5) is 11.9. The van der Waals surface area contributed by atoms with Gasteiger partial charge in [0.25, 0.3) is 0 Å². The number of halogens is 5. The monoisotopic (exact) mass is 428 g/mol. The minimum absolute atomic E-state index is 0.0495. The van der Waals surface area contributed by atoms with E-state index in [0.29, 0.717) is 21.9 Å². The van der Waals surface area contributed by atoms with Gasteiger partial charge in [0.15, 0.2) is 5.12 Å². The van der Waals surface area contributed by atoms with E-state index in [4.69, 9.17) is 34.8 Å². The van der Waals surface area contributed by atoms with Crippen LogP contribution in [-0.2, 0) is 18.3 Å². The van der Waals surface area contributed by atoms with Gasteiger partial charge in [-0.1, -0.05) is 53.5 Å². The number of rotatable bonds is 6. The lowest BCUT2D eigenvalue weighted by molar-refractivity contribution is -0.110. The molecule has 2 rings (SSSR count). The molecule has 0 unspecified atom stereocenters. The molecule has 1 aromatic carbocycles. The fourth-order valence-corrected chi connectivity index (χ4v) is 3.57. The third-order valence-electron chi connectivity index (χ3n) is 3.17. The van der Waals surface area contributed by atoms with Crippen LogP contribution in [0.4, 0.5) is 8.78 Å². The standard InChI is InChI=1S/C15H13Cl3F2N2O2S/c1-3-25-11(23)5-7-4-8(10(17)6-9(7)16)13-12(18)14(22(2)21-13)24-15(19)20/h4,6,15H,3,5H2,1-2H3. The van der Waals surface area contributed by atoms with Gasteiger partial charge < -0.3 is 4.74 Å². The Morgan fingerprint density at radius 3 is 2.60 bits per heavy atom. The number of aromatic nitrogens is 2. The summed E-state index contributed by atoms with van der Waals surface area (Å²) in [6, 6.07) is 3.05. The topological polar surface area (TPSA) is 44.1 Å². The van der Waals surface area contributed by atoms with Crippen LogP contribution in [0.5, 0.6) is 5.88 Å². The van der Waals surface area contributed by atoms with Gasteiger partial charge in [-0.15, -0.1) is 0 Å². The van der Waals surface area contributed by atoms with E-state index in [1.54, 1.807) is 6.07 Å². The zero-order valence-electron chi connectivity index (χ0n) is 13.2. The molecule has 0 aliphatic heterocycles. The maximum absolute atomic E-state index is 12.5. The molecule has 0 amide bonds. The Morgan fingerprint density at radius 2 is 2.00 bits per heavy atom. The lowest BCUT2D eigenvalue weighted by Gasteiger charge is -2.08. The number of carbonyl (C=O) groups is 1. The normalized spacial score (nSPS) is 11.2. The van der Waals surface area contributed by atoms with E-state index in [1.165, 1.54) is 24.9 Å². The summed E-state index contributed by atoms with van der Waals surface area (Å²) < 4.78 is 30.5. The van der Waals surface area contributed by atoms with Crippen LogP contribution in [0.25, 0.3) is 11.3 Å². The summed E-state index contributed by atoms with van der Waals surface area (Å²) in [6.45, 7) is -1.17. The summed E-state index contributed by atoms with van der Waals surface area (Å²) in [5, 5.41) is 4.49. The highest BCUT2D eigenvalue weighted by molar-refractivity contribution is 8.13. The third kappa shape index (κ3) is 4.78. The van der Waals surface area contributed by atoms with Gasteiger partial charge in [-0.05, 0) is 23.4 Å². The average molecular weight is 430 g/mol. The smallest absolute Gasteiger partial charge is 0.388 e. The average Bonchev–Trinajstić information content (AvgIpc) is 2.78. The van der Waals surface area contributed by atoms with Crippen molar-refractivity contribution in [3.63, 3.8) is 0 Å². The van der Waals surface area contributed by atoms with E-state index in [2.05, 4.69) is 9.84 Å². The molecular formula is C15H13Cl3F2N2O2S. The van der Waals surface area contributed by atoms with Gasteiger partial charge in [-0.25, -0.2) is 4.68 Å². The van der Waals surface area contributed by atoms with Crippen LogP contribution < -0.4 is 4.74 Å². The summed E-state index contributed by atoms with van der Waals surface area (Å²) in [7, 11) is 1.42. The molecule has 25 heavy (non-hydrogen) atoms. The van der Waals surface area contributed by atoms with Gasteiger partial charge in [0, 0.05) is 24.1 Å². The Hall–Kier alpha value is -1.02. The molecule has 136 valence electrons. The van der Waals surface area contributed by atoms with E-state index in [0.717, 1.165) is 4.68 Å². The molecule has 0 atom stereocenters. The first-order valence-electron chi connectivity index (χ1n) is 7.05. The van der Waals surface area contributed by atoms with Gasteiger partial charge in [-0.3, -0.25) is 4.79 Å². The van der Waals surface area contributed by atoms with Gasteiger partial charge in [0.1, 0.15) is 10.7 Å². The molecule has 0 aliphatic carbocycles. The summed E-state index contributed by atoms with van der Waals surface area (Å²) >= 11 is 19.7. The zero-order chi connectivity index (χ0) is 18.7. The van der Waals surface area contributed by atoms with Crippen LogP contribution in [0.15, 0.2) is 12.1 Å². The first-order valence-corrected chi connectivity index (χ1v) is 9.17. The van der Waals surface area contributed by atoms with Crippen molar-refractivity contribution in [2.45, 2.75) is 20.0 Å². The number of aryl methyl sites for hydroxylation is 1. The number of alkyl halides is 2. The van der Waals surface area contributed by atoms with E-state index in [1.807, 2.05) is 6.92 Å². The van der Waals surface area contributed by atoms with Crippen LogP contribution in [0, 0.1) is 0 Å². The molecule has 0 saturated carbocycles. The van der Waals surface area contributed by atoms with Crippen molar-refractivity contribution in [2.75, 3.05) is 5.75 Å². The van der Waals surface area contributed by atoms with Crippen molar-refractivity contribution in [3.05, 3.63) is 32.8 Å². The summed E-state index contributed by atoms with van der Waals surface area (Å²) in [5.74, 6) is 0.369. The predicted molar refractivity (Wildman–Crippen MR) is 97.1 cm³/mol. The van der Waals surface area contributed by atoms with Crippen molar-refractivity contribution in [2.24, 2.45) is 7.05 Å². The van der Waals surface area contributed by atoms with Crippen molar-refractivity contribution in [1.82, 2.24) is 9.78 Å². The molecule has 0 bridgehead atoms. The Labute approximate surface area is 162 Å². The first-order chi connectivity index (χ1) is 11.7. The molecule has 1 heterocycles. The first kappa shape index (κ1) is 20.3. The SMILES string of the molecule is CCSC(=O)Cc1cc(-c2nn(C)c(OC(F)F)c2Cl)c(Cl)cc1Cl. The molecule has 0 spiro atoms. The fraction of sp³-hybridized carbons (Fsp3) is 0.333. The molecule has 0 saturated heterocycles. The van der Waals surface area contributed by atoms with E-state index >= 15 is 0 Å². The van der Waals surface area contributed by atoms with Crippen LogP contribution in [-0.4, -0.2) is 27.3 Å². The number of ether oxygens (including phenoxy) is 1. The largest absolute Gasteiger partial charge is 0.416 e. The van der Waals surface area contributed by atoms with Crippen molar-refractivity contribution >= 4 is 51.7 Å². The minimum atomic E-state index is -3.04. The van der Waals surface area contributed by atoms with Gasteiger partial charge in [0.05, 0.1) is 5.02 Å². The Kier molecular flexibility index (Phi) is 6.96. The zero-order valence-corrected chi connectivity index (χ0v) is 16.2. The molecular weight excluding hydrogens is 417 g/mol. The molecule has 0 aliphatic rings. The molecule has 0 fully saturated rings. The van der Waals surface area contributed by atoms with Crippen LogP contribution in [0.1, 0.15) is 12.5 Å². The maximum Gasteiger partial charge on any atom is 0.388 e. The maximum atomic E-state index is 12.5. The molecule has 4 nitrogen and oxygen atoms in total. The van der Waals surface area contributed by atoms with E-state index in [-0.39, 0.29) is 33.2 Å². The van der Waals surface area contributed by atoms with Crippen molar-refractivity contribution in [1.29, 1.82) is 0 Å². The second kappa shape index (κ2) is 8.58. The molecule has 1 aromatic heterocycles. The molecule has 0 N–H and O–H groups in total. The van der Waals surface area contributed by atoms with Crippen LogP contribution >= 0.6 is 46.6 Å². The second-order valence-corrected chi connectivity index (χ2v) is 7.39. The highest BCUT2D eigenvalue weighted by Gasteiger charge is 2.23. The van der Waals surface area contributed by atoms with Gasteiger partial charge in [0.2, 0.25) is 5.88 Å². The summed E-state index contributed by atoms with van der Waals surface area (Å²) in [6.07, 6.45) is 0.104. The lowest BCUT2D eigenvalue weighted by Crippen LogP contribution is -2.06. The van der Waals surface area contributed by atoms with Crippen molar-refractivity contribution in [3.8, 4) is 17.1 Å². The van der Waals surface area contributed by atoms with Crippen LogP contribution in [0.3, 0.4) is 0 Å². The van der Waals surface area contributed by atoms with E-state index < -0.39 is 6.61 Å².